The molecule has 4 heteroatoms. The van der Waals surface area contributed by atoms with Gasteiger partial charge in [-0.25, -0.2) is 0 Å². The van der Waals surface area contributed by atoms with E-state index in [4.69, 9.17) is 0 Å². The molecule has 1 atom stereocenters. The highest BCUT2D eigenvalue weighted by Crippen LogP contribution is 2.32. The first-order valence-electron chi connectivity index (χ1n) is 7.64. The summed E-state index contributed by atoms with van der Waals surface area (Å²) in [6, 6.07) is 20.1. The predicted molar refractivity (Wildman–Crippen MR) is 98.3 cm³/mol. The molecular weight excluding hydrogens is 304 g/mol. The van der Waals surface area contributed by atoms with E-state index in [1.54, 1.807) is 11.8 Å². The van der Waals surface area contributed by atoms with E-state index in [0.717, 1.165) is 22.1 Å². The zero-order valence-corrected chi connectivity index (χ0v) is 14.2. The molecule has 3 nitrogen and oxygen atoms in total. The van der Waals surface area contributed by atoms with E-state index in [9.17, 15) is 5.11 Å². The van der Waals surface area contributed by atoms with Gasteiger partial charge < -0.3 is 10.4 Å². The number of allylic oxidation sites excluding steroid dienone is 1. The zero-order valence-electron chi connectivity index (χ0n) is 13.4. The maximum Gasteiger partial charge on any atom is 0.278 e. The minimum atomic E-state index is -0.884. The van der Waals surface area contributed by atoms with Gasteiger partial charge in [0, 0.05) is 36.5 Å². The number of aliphatic hydroxyl groups is 1. The van der Waals surface area contributed by atoms with E-state index in [1.807, 2.05) is 79.1 Å². The highest BCUT2D eigenvalue weighted by molar-refractivity contribution is 8.14. The van der Waals surface area contributed by atoms with E-state index < -0.39 is 5.72 Å². The lowest BCUT2D eigenvalue weighted by Crippen LogP contribution is -2.36. The van der Waals surface area contributed by atoms with Crippen molar-refractivity contribution in [2.45, 2.75) is 19.6 Å². The largest absolute Gasteiger partial charge is 0.359 e. The molecular formula is C19H21N2OS+. The fourth-order valence-electron chi connectivity index (χ4n) is 2.64. The quantitative estimate of drug-likeness (QED) is 0.827. The molecule has 0 aromatic heterocycles. The highest BCUT2D eigenvalue weighted by atomic mass is 32.2. The number of hydrogen-bond acceptors (Lipinski definition) is 3. The summed E-state index contributed by atoms with van der Waals surface area (Å²) in [6.07, 6.45) is 2.09. The van der Waals surface area contributed by atoms with Crippen LogP contribution in [0.5, 0.6) is 0 Å². The third kappa shape index (κ3) is 3.66. The summed E-state index contributed by atoms with van der Waals surface area (Å²) in [4.78, 5) is 0. The van der Waals surface area contributed by atoms with Gasteiger partial charge >= 0.3 is 0 Å². The Hall–Kier alpha value is -2.04. The van der Waals surface area contributed by atoms with Crippen molar-refractivity contribution in [3.05, 3.63) is 72.4 Å². The van der Waals surface area contributed by atoms with Crippen LogP contribution in [-0.2, 0) is 0 Å². The first-order valence-corrected chi connectivity index (χ1v) is 8.63. The molecule has 0 unspecified atom stereocenters. The third-order valence-corrected chi connectivity index (χ3v) is 4.95. The molecule has 118 valence electrons. The third-order valence-electron chi connectivity index (χ3n) is 3.67. The number of anilines is 1. The summed E-state index contributed by atoms with van der Waals surface area (Å²) in [5.41, 5.74) is 2.21. The van der Waals surface area contributed by atoms with E-state index in [0.29, 0.717) is 5.75 Å². The SMILES string of the molecule is C/C(=C/C1=[N+](c2ccccc2)[C@](C)(O)CS1)Nc1ccccc1. The van der Waals surface area contributed by atoms with E-state index >= 15 is 0 Å². The lowest BCUT2D eigenvalue weighted by molar-refractivity contribution is -0.574. The Morgan fingerprint density at radius 3 is 2.39 bits per heavy atom. The van der Waals surface area contributed by atoms with Crippen molar-refractivity contribution in [1.82, 2.24) is 0 Å². The van der Waals surface area contributed by atoms with E-state index in [2.05, 4.69) is 11.4 Å². The Labute approximate surface area is 141 Å². The van der Waals surface area contributed by atoms with Gasteiger partial charge in [0.05, 0.1) is 5.75 Å². The average Bonchev–Trinajstić information content (AvgIpc) is 2.83. The number of nitrogens with zero attached hydrogens (tertiary/aromatic N) is 1. The molecule has 0 saturated heterocycles. The molecule has 1 aliphatic rings. The molecule has 1 heterocycles. The van der Waals surface area contributed by atoms with Crippen LogP contribution in [0.15, 0.2) is 72.4 Å². The maximum absolute atomic E-state index is 10.7. The molecule has 1 aliphatic heterocycles. The smallest absolute Gasteiger partial charge is 0.278 e. The predicted octanol–water partition coefficient (Wildman–Crippen LogP) is 4.20. The van der Waals surface area contributed by atoms with Gasteiger partial charge in [0.25, 0.3) is 5.72 Å². The van der Waals surface area contributed by atoms with Gasteiger partial charge in [-0.15, -0.1) is 0 Å². The molecule has 3 rings (SSSR count). The standard InChI is InChI=1S/C19H20N2OS/c1-15(20-16-9-5-3-6-10-16)13-18-21(19(2,22)14-23-18)17-11-7-4-8-12-17/h3-13,22H,14H2,1-2H3/p+1/t19-/m1/s1. The number of nitrogens with one attached hydrogen (secondary N) is 1. The van der Waals surface area contributed by atoms with Crippen LogP contribution in [0.25, 0.3) is 0 Å². The fourth-order valence-corrected chi connectivity index (χ4v) is 3.88. The molecule has 0 amide bonds. The molecule has 0 fully saturated rings. The van der Waals surface area contributed by atoms with Gasteiger partial charge in [-0.3, -0.25) is 0 Å². The molecule has 2 aromatic rings. The van der Waals surface area contributed by atoms with Crippen LogP contribution in [0.2, 0.25) is 0 Å². The van der Waals surface area contributed by atoms with Crippen LogP contribution in [-0.4, -0.2) is 26.2 Å². The lowest BCUT2D eigenvalue weighted by atomic mass is 10.2. The maximum atomic E-state index is 10.7. The van der Waals surface area contributed by atoms with Crippen LogP contribution < -0.4 is 5.32 Å². The molecule has 0 bridgehead atoms. The topological polar surface area (TPSA) is 35.3 Å². The first kappa shape index (κ1) is 15.8. The Balaban J connectivity index is 1.94. The second-order valence-corrected chi connectivity index (χ2v) is 6.83. The number of thioether (sulfide) groups is 1. The molecule has 0 spiro atoms. The van der Waals surface area contributed by atoms with Gasteiger partial charge in [0.15, 0.2) is 0 Å². The number of benzene rings is 2. The summed E-state index contributed by atoms with van der Waals surface area (Å²) in [5, 5.41) is 15.1. The van der Waals surface area contributed by atoms with Crippen molar-refractivity contribution in [2.24, 2.45) is 0 Å². The number of rotatable bonds is 4. The highest BCUT2D eigenvalue weighted by Gasteiger charge is 2.44. The van der Waals surface area contributed by atoms with Crippen LogP contribution in [0, 0.1) is 0 Å². The van der Waals surface area contributed by atoms with Crippen molar-refractivity contribution >= 4 is 28.2 Å². The average molecular weight is 325 g/mol. The first-order chi connectivity index (χ1) is 11.1. The number of para-hydroxylation sites is 2. The minimum Gasteiger partial charge on any atom is -0.359 e. The van der Waals surface area contributed by atoms with E-state index in [-0.39, 0.29) is 0 Å². The Morgan fingerprint density at radius 1 is 1.13 bits per heavy atom. The Bertz CT molecular complexity index is 736. The second kappa shape index (κ2) is 6.60. The minimum absolute atomic E-state index is 0.645. The van der Waals surface area contributed by atoms with Crippen LogP contribution >= 0.6 is 11.8 Å². The van der Waals surface area contributed by atoms with Gasteiger partial charge in [-0.1, -0.05) is 36.4 Å². The summed E-state index contributed by atoms with van der Waals surface area (Å²) in [5.74, 6) is 0.645. The van der Waals surface area contributed by atoms with Gasteiger partial charge in [-0.2, -0.15) is 4.58 Å². The van der Waals surface area contributed by atoms with Crippen molar-refractivity contribution in [1.29, 1.82) is 0 Å². The van der Waals surface area contributed by atoms with Crippen molar-refractivity contribution in [2.75, 3.05) is 11.1 Å². The zero-order chi connectivity index (χ0) is 16.3. The van der Waals surface area contributed by atoms with Gasteiger partial charge in [0.1, 0.15) is 0 Å². The summed E-state index contributed by atoms with van der Waals surface area (Å²) < 4.78 is 1.99. The normalized spacial score (nSPS) is 21.6. The molecule has 2 aromatic carbocycles. The molecule has 0 saturated carbocycles. The lowest BCUT2D eigenvalue weighted by Gasteiger charge is -2.14. The Morgan fingerprint density at radius 2 is 1.74 bits per heavy atom. The second-order valence-electron chi connectivity index (χ2n) is 5.83. The van der Waals surface area contributed by atoms with Crippen molar-refractivity contribution < 1.29 is 9.68 Å². The summed E-state index contributed by atoms with van der Waals surface area (Å²) in [6.45, 7) is 3.89. The Kier molecular flexibility index (Phi) is 4.55. The molecule has 0 aliphatic carbocycles. The van der Waals surface area contributed by atoms with Crippen molar-refractivity contribution in [3.63, 3.8) is 0 Å². The van der Waals surface area contributed by atoms with Gasteiger partial charge in [-0.05, 0) is 30.8 Å². The van der Waals surface area contributed by atoms with Crippen molar-refractivity contribution in [3.8, 4) is 0 Å². The number of hydrogen-bond donors (Lipinski definition) is 2. The van der Waals surface area contributed by atoms with Crippen LogP contribution in [0.3, 0.4) is 0 Å². The molecule has 2 N–H and O–H groups in total. The van der Waals surface area contributed by atoms with E-state index in [1.165, 1.54) is 0 Å². The molecule has 23 heavy (non-hydrogen) atoms. The molecule has 0 radical (unpaired) electrons. The summed E-state index contributed by atoms with van der Waals surface area (Å²) >= 11 is 1.67. The monoisotopic (exact) mass is 325 g/mol. The fraction of sp³-hybridized carbons (Fsp3) is 0.211. The van der Waals surface area contributed by atoms with Gasteiger partial charge in [0.2, 0.25) is 10.7 Å². The van der Waals surface area contributed by atoms with Crippen LogP contribution in [0.1, 0.15) is 13.8 Å². The summed E-state index contributed by atoms with van der Waals surface area (Å²) in [7, 11) is 0. The van der Waals surface area contributed by atoms with Crippen LogP contribution in [0.4, 0.5) is 11.4 Å².